The van der Waals surface area contributed by atoms with Crippen molar-refractivity contribution in [2.24, 2.45) is 0 Å². The summed E-state index contributed by atoms with van der Waals surface area (Å²) in [6, 6.07) is 9.14. The van der Waals surface area contributed by atoms with Gasteiger partial charge in [-0.25, -0.2) is 8.78 Å². The molecule has 96 valence electrons. The van der Waals surface area contributed by atoms with Gasteiger partial charge in [0, 0.05) is 0 Å². The monoisotopic (exact) mass is 323 g/mol. The van der Waals surface area contributed by atoms with Crippen LogP contribution >= 0.6 is 15.9 Å². The molecule has 0 amide bonds. The number of halogens is 3. The van der Waals surface area contributed by atoms with Crippen LogP contribution in [0.1, 0.15) is 11.1 Å². The molecular formula is C14H8BrF2NO. The van der Waals surface area contributed by atoms with Crippen LogP contribution in [0, 0.1) is 29.9 Å². The Morgan fingerprint density at radius 3 is 2.47 bits per heavy atom. The zero-order chi connectivity index (χ0) is 14.0. The van der Waals surface area contributed by atoms with Gasteiger partial charge in [-0.15, -0.1) is 0 Å². The fourth-order valence-electron chi connectivity index (χ4n) is 1.51. The third-order valence-corrected chi connectivity index (χ3v) is 3.32. The Morgan fingerprint density at radius 1 is 1.11 bits per heavy atom. The van der Waals surface area contributed by atoms with Crippen LogP contribution in [0.4, 0.5) is 8.78 Å². The first-order chi connectivity index (χ1) is 9.04. The van der Waals surface area contributed by atoms with Gasteiger partial charge in [-0.05, 0) is 46.6 Å². The molecule has 19 heavy (non-hydrogen) atoms. The minimum absolute atomic E-state index is 0.000520. The lowest BCUT2D eigenvalue weighted by Crippen LogP contribution is -1.95. The molecular weight excluding hydrogens is 316 g/mol. The molecule has 2 rings (SSSR count). The van der Waals surface area contributed by atoms with E-state index in [-0.39, 0.29) is 21.5 Å². The highest BCUT2D eigenvalue weighted by molar-refractivity contribution is 9.10. The Bertz CT molecular complexity index is 680. The Balaban J connectivity index is 2.43. The first-order valence-corrected chi connectivity index (χ1v) is 6.15. The van der Waals surface area contributed by atoms with Gasteiger partial charge in [-0.3, -0.25) is 0 Å². The van der Waals surface area contributed by atoms with Crippen molar-refractivity contribution in [2.75, 3.05) is 0 Å². The lowest BCUT2D eigenvalue weighted by Gasteiger charge is -2.10. The van der Waals surface area contributed by atoms with Crippen molar-refractivity contribution in [1.29, 1.82) is 5.26 Å². The van der Waals surface area contributed by atoms with Crippen LogP contribution in [0.25, 0.3) is 0 Å². The molecule has 0 saturated carbocycles. The van der Waals surface area contributed by atoms with Crippen LogP contribution in [0.5, 0.6) is 11.5 Å². The van der Waals surface area contributed by atoms with Gasteiger partial charge in [0.15, 0.2) is 23.1 Å². The van der Waals surface area contributed by atoms with Crippen LogP contribution in [-0.2, 0) is 0 Å². The maximum Gasteiger partial charge on any atom is 0.181 e. The van der Waals surface area contributed by atoms with Gasteiger partial charge < -0.3 is 4.74 Å². The molecule has 2 aromatic carbocycles. The number of nitriles is 1. The van der Waals surface area contributed by atoms with Crippen LogP contribution in [0.15, 0.2) is 34.8 Å². The number of ether oxygens (including phenoxy) is 1. The van der Waals surface area contributed by atoms with Gasteiger partial charge in [0.2, 0.25) is 0 Å². The van der Waals surface area contributed by atoms with Crippen LogP contribution in [-0.4, -0.2) is 0 Å². The SMILES string of the molecule is Cc1cccc(Oc2ccc(C#N)c(Br)c2F)c1F. The number of hydrogen-bond donors (Lipinski definition) is 0. The largest absolute Gasteiger partial charge is 0.451 e. The van der Waals surface area contributed by atoms with Crippen molar-refractivity contribution >= 4 is 15.9 Å². The predicted molar refractivity (Wildman–Crippen MR) is 70.0 cm³/mol. The number of rotatable bonds is 2. The van der Waals surface area contributed by atoms with Gasteiger partial charge in [0.1, 0.15) is 6.07 Å². The van der Waals surface area contributed by atoms with Gasteiger partial charge in [-0.1, -0.05) is 12.1 Å². The fraction of sp³-hybridized carbons (Fsp3) is 0.0714. The second kappa shape index (κ2) is 5.37. The summed E-state index contributed by atoms with van der Waals surface area (Å²) in [5, 5.41) is 8.76. The quantitative estimate of drug-likeness (QED) is 0.802. The normalized spacial score (nSPS) is 10.1. The van der Waals surface area contributed by atoms with E-state index in [1.54, 1.807) is 19.1 Å². The predicted octanol–water partition coefficient (Wildman–Crippen LogP) is 4.70. The summed E-state index contributed by atoms with van der Waals surface area (Å²) in [5.41, 5.74) is 0.556. The topological polar surface area (TPSA) is 33.0 Å². The molecule has 0 aliphatic heterocycles. The molecule has 0 aliphatic rings. The second-order valence-corrected chi connectivity index (χ2v) is 4.63. The van der Waals surface area contributed by atoms with E-state index >= 15 is 0 Å². The summed E-state index contributed by atoms with van der Waals surface area (Å²) in [6.07, 6.45) is 0. The lowest BCUT2D eigenvalue weighted by molar-refractivity contribution is 0.412. The molecule has 0 heterocycles. The second-order valence-electron chi connectivity index (χ2n) is 3.84. The average Bonchev–Trinajstić information content (AvgIpc) is 2.40. The Labute approximate surface area is 117 Å². The molecule has 0 aliphatic carbocycles. The van der Waals surface area contributed by atoms with Gasteiger partial charge >= 0.3 is 0 Å². The smallest absolute Gasteiger partial charge is 0.181 e. The first-order valence-electron chi connectivity index (χ1n) is 5.35. The fourth-order valence-corrected chi connectivity index (χ4v) is 1.93. The van der Waals surface area contributed by atoms with E-state index in [1.807, 2.05) is 6.07 Å². The summed E-state index contributed by atoms with van der Waals surface area (Å²) >= 11 is 2.97. The summed E-state index contributed by atoms with van der Waals surface area (Å²) in [6.45, 7) is 1.59. The van der Waals surface area contributed by atoms with Crippen LogP contribution in [0.3, 0.4) is 0 Å². The molecule has 0 atom stereocenters. The van der Waals surface area contributed by atoms with E-state index in [0.717, 1.165) is 0 Å². The summed E-state index contributed by atoms with van der Waals surface area (Å²) in [7, 11) is 0. The van der Waals surface area contributed by atoms with Crippen molar-refractivity contribution in [2.45, 2.75) is 6.92 Å². The molecule has 2 aromatic rings. The molecule has 0 spiro atoms. The van der Waals surface area contributed by atoms with Crippen LogP contribution < -0.4 is 4.74 Å². The Morgan fingerprint density at radius 2 is 1.79 bits per heavy atom. The molecule has 0 N–H and O–H groups in total. The minimum atomic E-state index is -0.736. The van der Waals surface area contributed by atoms with Gasteiger partial charge in [0.05, 0.1) is 10.0 Å². The van der Waals surface area contributed by atoms with Crippen LogP contribution in [0.2, 0.25) is 0 Å². The molecule has 0 bridgehead atoms. The van der Waals surface area contributed by atoms with Crippen molar-refractivity contribution in [3.63, 3.8) is 0 Å². The molecule has 0 aromatic heterocycles. The zero-order valence-corrected chi connectivity index (χ0v) is 11.5. The highest BCUT2D eigenvalue weighted by Gasteiger charge is 2.15. The van der Waals surface area contributed by atoms with Crippen molar-refractivity contribution in [1.82, 2.24) is 0 Å². The van der Waals surface area contributed by atoms with E-state index in [0.29, 0.717) is 5.56 Å². The van der Waals surface area contributed by atoms with Gasteiger partial charge in [0.25, 0.3) is 0 Å². The Kier molecular flexibility index (Phi) is 3.82. The van der Waals surface area contributed by atoms with E-state index in [4.69, 9.17) is 10.00 Å². The zero-order valence-electron chi connectivity index (χ0n) is 9.88. The molecule has 0 fully saturated rings. The first kappa shape index (κ1) is 13.5. The third kappa shape index (κ3) is 2.59. The maximum atomic E-state index is 13.9. The number of aryl methyl sites for hydroxylation is 1. The standard InChI is InChI=1S/C14H8BrF2NO/c1-8-3-2-4-10(13(8)16)19-11-6-5-9(7-18)12(15)14(11)17/h2-6H,1H3. The highest BCUT2D eigenvalue weighted by Crippen LogP contribution is 2.32. The number of nitrogens with zero attached hydrogens (tertiary/aromatic N) is 1. The van der Waals surface area contributed by atoms with Crippen molar-refractivity contribution in [3.8, 4) is 17.6 Å². The minimum Gasteiger partial charge on any atom is -0.451 e. The number of hydrogen-bond acceptors (Lipinski definition) is 2. The molecule has 2 nitrogen and oxygen atoms in total. The van der Waals surface area contributed by atoms with E-state index in [1.165, 1.54) is 18.2 Å². The van der Waals surface area contributed by atoms with E-state index in [2.05, 4.69) is 15.9 Å². The third-order valence-electron chi connectivity index (χ3n) is 2.54. The molecule has 0 unspecified atom stereocenters. The molecule has 5 heteroatoms. The highest BCUT2D eigenvalue weighted by atomic mass is 79.9. The van der Waals surface area contributed by atoms with Crippen molar-refractivity contribution < 1.29 is 13.5 Å². The summed E-state index contributed by atoms with van der Waals surface area (Å²) < 4.78 is 32.9. The lowest BCUT2D eigenvalue weighted by atomic mass is 10.2. The Hall–Kier alpha value is -1.93. The number of benzene rings is 2. The molecule has 0 radical (unpaired) electrons. The summed E-state index contributed by atoms with van der Waals surface area (Å²) in [4.78, 5) is 0. The van der Waals surface area contributed by atoms with Crippen molar-refractivity contribution in [3.05, 3.63) is 57.6 Å². The van der Waals surface area contributed by atoms with E-state index < -0.39 is 11.6 Å². The maximum absolute atomic E-state index is 13.9. The molecule has 0 saturated heterocycles. The average molecular weight is 324 g/mol. The summed E-state index contributed by atoms with van der Waals surface area (Å²) in [5.74, 6) is -1.48. The van der Waals surface area contributed by atoms with E-state index in [9.17, 15) is 8.78 Å². The van der Waals surface area contributed by atoms with Gasteiger partial charge in [-0.2, -0.15) is 5.26 Å².